The van der Waals surface area contributed by atoms with Crippen molar-refractivity contribution < 1.29 is 10.2 Å². The fourth-order valence-electron chi connectivity index (χ4n) is 1.10. The highest BCUT2D eigenvalue weighted by Gasteiger charge is 2.08. The Morgan fingerprint density at radius 1 is 1.33 bits per heavy atom. The summed E-state index contributed by atoms with van der Waals surface area (Å²) in [5, 5.41) is 21.4. The van der Waals surface area contributed by atoms with Crippen molar-refractivity contribution in [3.05, 3.63) is 17.5 Å². The standard InChI is InChI=1S/C8H6O2S2/c9-5-3-6(11)7(10)4-1-2-12-8(4)5/h1-3,9-11H. The molecule has 0 fully saturated rings. The molecule has 0 amide bonds. The lowest BCUT2D eigenvalue weighted by Crippen LogP contribution is -1.71. The van der Waals surface area contributed by atoms with E-state index in [-0.39, 0.29) is 11.5 Å². The van der Waals surface area contributed by atoms with Crippen LogP contribution in [0.25, 0.3) is 10.1 Å². The van der Waals surface area contributed by atoms with Crippen molar-refractivity contribution in [1.29, 1.82) is 0 Å². The van der Waals surface area contributed by atoms with Gasteiger partial charge in [-0.05, 0) is 17.5 Å². The minimum absolute atomic E-state index is 0.132. The lowest BCUT2D eigenvalue weighted by atomic mass is 10.2. The molecule has 1 aromatic carbocycles. The first-order chi connectivity index (χ1) is 5.70. The van der Waals surface area contributed by atoms with Crippen LogP contribution in [0, 0.1) is 0 Å². The monoisotopic (exact) mass is 198 g/mol. The van der Waals surface area contributed by atoms with Crippen LogP contribution in [0.2, 0.25) is 0 Å². The van der Waals surface area contributed by atoms with E-state index in [9.17, 15) is 10.2 Å². The summed E-state index contributed by atoms with van der Waals surface area (Å²) in [5.41, 5.74) is 0. The molecule has 0 aliphatic carbocycles. The number of thiol groups is 1. The van der Waals surface area contributed by atoms with Gasteiger partial charge in [0.2, 0.25) is 0 Å². The Balaban J connectivity index is 2.97. The maximum Gasteiger partial charge on any atom is 0.137 e. The molecule has 2 rings (SSSR count). The van der Waals surface area contributed by atoms with Crippen LogP contribution in [0.1, 0.15) is 0 Å². The summed E-state index contributed by atoms with van der Waals surface area (Å²) in [5.74, 6) is 0.301. The van der Waals surface area contributed by atoms with Gasteiger partial charge in [-0.3, -0.25) is 0 Å². The molecule has 0 atom stereocenters. The Hall–Kier alpha value is -0.870. The predicted octanol–water partition coefficient (Wildman–Crippen LogP) is 2.60. The van der Waals surface area contributed by atoms with Gasteiger partial charge in [-0.2, -0.15) is 0 Å². The third-order valence-electron chi connectivity index (χ3n) is 1.67. The van der Waals surface area contributed by atoms with E-state index in [1.54, 1.807) is 6.07 Å². The van der Waals surface area contributed by atoms with Crippen LogP contribution in [0.5, 0.6) is 11.5 Å². The fraction of sp³-hybridized carbons (Fsp3) is 0. The van der Waals surface area contributed by atoms with Crippen molar-refractivity contribution in [2.45, 2.75) is 4.90 Å². The molecule has 0 aliphatic rings. The topological polar surface area (TPSA) is 40.5 Å². The summed E-state index contributed by atoms with van der Waals surface area (Å²) in [6.45, 7) is 0. The average molecular weight is 198 g/mol. The molecule has 1 heterocycles. The van der Waals surface area contributed by atoms with Gasteiger partial charge in [0.1, 0.15) is 11.5 Å². The molecule has 0 spiro atoms. The first-order valence-corrected chi connectivity index (χ1v) is 4.64. The Labute approximate surface area is 78.5 Å². The Morgan fingerprint density at radius 3 is 2.83 bits per heavy atom. The summed E-state index contributed by atoms with van der Waals surface area (Å²) in [6, 6.07) is 3.20. The summed E-state index contributed by atoms with van der Waals surface area (Å²) in [4.78, 5) is 0.401. The highest BCUT2D eigenvalue weighted by atomic mass is 32.1. The van der Waals surface area contributed by atoms with E-state index >= 15 is 0 Å². The Bertz CT molecular complexity index is 434. The van der Waals surface area contributed by atoms with Crippen LogP contribution in [0.3, 0.4) is 0 Å². The number of benzene rings is 1. The Morgan fingerprint density at radius 2 is 2.08 bits per heavy atom. The van der Waals surface area contributed by atoms with Crippen LogP contribution in [0.4, 0.5) is 0 Å². The molecule has 2 N–H and O–H groups in total. The molecule has 0 saturated heterocycles. The van der Waals surface area contributed by atoms with E-state index in [0.29, 0.717) is 15.0 Å². The summed E-state index contributed by atoms with van der Waals surface area (Å²) < 4.78 is 0.699. The first-order valence-electron chi connectivity index (χ1n) is 3.31. The zero-order valence-corrected chi connectivity index (χ0v) is 7.69. The molecule has 0 bridgehead atoms. The quantitative estimate of drug-likeness (QED) is 0.450. The van der Waals surface area contributed by atoms with Crippen LogP contribution in [0.15, 0.2) is 22.4 Å². The van der Waals surface area contributed by atoms with Crippen LogP contribution in [-0.2, 0) is 0 Å². The third kappa shape index (κ3) is 0.956. The van der Waals surface area contributed by atoms with Crippen molar-refractivity contribution >= 4 is 34.1 Å². The number of phenols is 2. The largest absolute Gasteiger partial charge is 0.506 e. The summed E-state index contributed by atoms with van der Waals surface area (Å²) in [7, 11) is 0. The van der Waals surface area contributed by atoms with E-state index in [0.717, 1.165) is 0 Å². The molecule has 4 heteroatoms. The fourth-order valence-corrected chi connectivity index (χ4v) is 2.15. The minimum atomic E-state index is 0.132. The molecule has 12 heavy (non-hydrogen) atoms. The lowest BCUT2D eigenvalue weighted by molar-refractivity contribution is 0.459. The molecule has 2 aromatic rings. The van der Waals surface area contributed by atoms with Crippen LogP contribution < -0.4 is 0 Å². The van der Waals surface area contributed by atoms with E-state index in [2.05, 4.69) is 12.6 Å². The molecule has 0 radical (unpaired) electrons. The smallest absolute Gasteiger partial charge is 0.137 e. The van der Waals surface area contributed by atoms with Gasteiger partial charge in [0.25, 0.3) is 0 Å². The number of fused-ring (bicyclic) bond motifs is 1. The maximum absolute atomic E-state index is 9.49. The maximum atomic E-state index is 9.49. The van der Waals surface area contributed by atoms with E-state index in [1.807, 2.05) is 5.38 Å². The summed E-state index contributed by atoms with van der Waals surface area (Å²) >= 11 is 5.41. The van der Waals surface area contributed by atoms with Gasteiger partial charge in [0, 0.05) is 5.39 Å². The molecular formula is C8H6O2S2. The zero-order valence-electron chi connectivity index (χ0n) is 5.98. The van der Waals surface area contributed by atoms with Crippen LogP contribution >= 0.6 is 24.0 Å². The van der Waals surface area contributed by atoms with E-state index < -0.39 is 0 Å². The van der Waals surface area contributed by atoms with Crippen molar-refractivity contribution in [2.75, 3.05) is 0 Å². The van der Waals surface area contributed by atoms with Gasteiger partial charge in [-0.25, -0.2) is 0 Å². The summed E-state index contributed by atoms with van der Waals surface area (Å²) in [6.07, 6.45) is 0. The highest BCUT2D eigenvalue weighted by molar-refractivity contribution is 7.80. The minimum Gasteiger partial charge on any atom is -0.506 e. The van der Waals surface area contributed by atoms with Gasteiger partial charge < -0.3 is 10.2 Å². The lowest BCUT2D eigenvalue weighted by Gasteiger charge is -2.00. The van der Waals surface area contributed by atoms with Gasteiger partial charge in [-0.1, -0.05) is 0 Å². The molecule has 2 nitrogen and oxygen atoms in total. The molecule has 1 aromatic heterocycles. The van der Waals surface area contributed by atoms with Crippen LogP contribution in [-0.4, -0.2) is 10.2 Å². The molecule has 62 valence electrons. The number of aromatic hydroxyl groups is 2. The highest BCUT2D eigenvalue weighted by Crippen LogP contribution is 2.39. The van der Waals surface area contributed by atoms with E-state index in [1.165, 1.54) is 17.4 Å². The van der Waals surface area contributed by atoms with Gasteiger partial charge in [0.15, 0.2) is 0 Å². The van der Waals surface area contributed by atoms with Crippen molar-refractivity contribution in [3.8, 4) is 11.5 Å². The molecule has 0 aliphatic heterocycles. The number of hydrogen-bond donors (Lipinski definition) is 3. The predicted molar refractivity (Wildman–Crippen MR) is 52.4 cm³/mol. The Kier molecular flexibility index (Phi) is 1.66. The second-order valence-corrected chi connectivity index (χ2v) is 3.82. The third-order valence-corrected chi connectivity index (χ3v) is 2.95. The zero-order chi connectivity index (χ0) is 8.72. The molecular weight excluding hydrogens is 192 g/mol. The number of rotatable bonds is 0. The first kappa shape index (κ1) is 7.76. The number of hydrogen-bond acceptors (Lipinski definition) is 4. The van der Waals surface area contributed by atoms with Gasteiger partial charge in [0.05, 0.1) is 9.60 Å². The second-order valence-electron chi connectivity index (χ2n) is 2.43. The average Bonchev–Trinajstić information content (AvgIpc) is 2.48. The number of thiophene rings is 1. The second kappa shape index (κ2) is 2.57. The molecule has 0 unspecified atom stereocenters. The van der Waals surface area contributed by atoms with Gasteiger partial charge >= 0.3 is 0 Å². The van der Waals surface area contributed by atoms with Crippen molar-refractivity contribution in [1.82, 2.24) is 0 Å². The SMILES string of the molecule is Oc1c(S)cc(O)c2sccc12. The van der Waals surface area contributed by atoms with Crippen molar-refractivity contribution in [2.24, 2.45) is 0 Å². The normalized spacial score (nSPS) is 10.8. The van der Waals surface area contributed by atoms with E-state index in [4.69, 9.17) is 0 Å². The molecule has 0 saturated carbocycles. The number of phenolic OH excluding ortho intramolecular Hbond substituents is 2. The van der Waals surface area contributed by atoms with Crippen molar-refractivity contribution in [3.63, 3.8) is 0 Å². The van der Waals surface area contributed by atoms with Gasteiger partial charge in [-0.15, -0.1) is 24.0 Å².